The van der Waals surface area contributed by atoms with Crippen molar-refractivity contribution < 1.29 is 28.2 Å². The van der Waals surface area contributed by atoms with Crippen LogP contribution in [0.4, 0.5) is 4.79 Å². The maximum absolute atomic E-state index is 12.2. The molecule has 1 unspecified atom stereocenters. The first kappa shape index (κ1) is 24.5. The van der Waals surface area contributed by atoms with E-state index in [0.717, 1.165) is 5.56 Å². The number of nitrogens with two attached hydrogens (primary N) is 1. The topological polar surface area (TPSA) is 92.5 Å². The summed E-state index contributed by atoms with van der Waals surface area (Å²) in [6.07, 6.45) is 1.95. The number of rotatable bonds is 12. The Labute approximate surface area is 180 Å². The number of methoxy groups -OCH3 is 3. The summed E-state index contributed by atoms with van der Waals surface area (Å²) in [5.41, 5.74) is 6.53. The molecule has 1 aliphatic carbocycles. The molecule has 1 aliphatic rings. The number of urea groups is 1. The molecule has 170 valence electrons. The maximum atomic E-state index is 12.2. The molecule has 0 radical (unpaired) electrons. The van der Waals surface area contributed by atoms with Crippen molar-refractivity contribution in [3.8, 4) is 11.5 Å². The van der Waals surface area contributed by atoms with Crippen molar-refractivity contribution in [1.29, 1.82) is 0 Å². The number of nitrogens with zero attached hydrogens (tertiary/aromatic N) is 1. The zero-order chi connectivity index (χ0) is 22.5. The van der Waals surface area contributed by atoms with Crippen molar-refractivity contribution in [3.05, 3.63) is 23.8 Å². The van der Waals surface area contributed by atoms with E-state index in [-0.39, 0.29) is 6.54 Å². The Kier molecular flexibility index (Phi) is 8.15. The third-order valence-corrected chi connectivity index (χ3v) is 6.08. The second-order valence-corrected chi connectivity index (χ2v) is 13.1. The molecule has 0 spiro atoms. The van der Waals surface area contributed by atoms with Crippen molar-refractivity contribution in [3.63, 3.8) is 0 Å². The molecular formula is C21H36N2O6Si. The zero-order valence-corrected chi connectivity index (χ0v) is 20.2. The van der Waals surface area contributed by atoms with Crippen molar-refractivity contribution >= 4 is 14.3 Å². The van der Waals surface area contributed by atoms with Gasteiger partial charge in [-0.15, -0.1) is 0 Å². The number of carbonyl (C=O) groups is 1. The van der Waals surface area contributed by atoms with Gasteiger partial charge >= 0.3 is 6.03 Å². The van der Waals surface area contributed by atoms with Crippen LogP contribution in [0, 0.1) is 5.92 Å². The maximum Gasteiger partial charge on any atom is 0.319 e. The summed E-state index contributed by atoms with van der Waals surface area (Å²) in [5, 5.41) is 0. The molecule has 0 aromatic heterocycles. The van der Waals surface area contributed by atoms with Gasteiger partial charge in [-0.1, -0.05) is 6.07 Å². The van der Waals surface area contributed by atoms with Crippen molar-refractivity contribution in [1.82, 2.24) is 4.90 Å². The van der Waals surface area contributed by atoms with Crippen molar-refractivity contribution in [2.24, 2.45) is 11.7 Å². The van der Waals surface area contributed by atoms with Crippen LogP contribution in [0.3, 0.4) is 0 Å². The largest absolute Gasteiger partial charge is 0.493 e. The number of benzene rings is 1. The molecule has 1 aromatic carbocycles. The highest BCUT2D eigenvalue weighted by Gasteiger charge is 2.38. The minimum absolute atomic E-state index is 0.159. The van der Waals surface area contributed by atoms with Crippen LogP contribution in [0.25, 0.3) is 0 Å². The van der Waals surface area contributed by atoms with E-state index in [2.05, 4.69) is 19.6 Å². The first-order valence-corrected chi connectivity index (χ1v) is 13.6. The van der Waals surface area contributed by atoms with Crippen LogP contribution in [0.1, 0.15) is 31.4 Å². The van der Waals surface area contributed by atoms with E-state index in [9.17, 15) is 4.79 Å². The summed E-state index contributed by atoms with van der Waals surface area (Å²) in [4.78, 5) is 13.6. The first-order valence-electron chi connectivity index (χ1n) is 10.2. The molecule has 1 aromatic rings. The molecule has 8 nitrogen and oxygen atoms in total. The smallest absolute Gasteiger partial charge is 0.319 e. The molecule has 2 amide bonds. The van der Waals surface area contributed by atoms with Crippen LogP contribution < -0.4 is 15.2 Å². The highest BCUT2D eigenvalue weighted by atomic mass is 28.4. The van der Waals surface area contributed by atoms with Gasteiger partial charge in [-0.25, -0.2) is 4.79 Å². The lowest BCUT2D eigenvalue weighted by Crippen LogP contribution is -2.56. The molecule has 0 saturated heterocycles. The minimum atomic E-state index is -1.98. The van der Waals surface area contributed by atoms with Crippen molar-refractivity contribution in [2.75, 3.05) is 34.5 Å². The number of ether oxygens (including phenoxy) is 4. The Balaban J connectivity index is 2.37. The summed E-state index contributed by atoms with van der Waals surface area (Å²) < 4.78 is 28.8. The third kappa shape index (κ3) is 6.60. The first-order chi connectivity index (χ1) is 14.0. The SMILES string of the molecule is COc1ccc(C(CN(C(N)=O)C(C)(OC)OC)O[Si](C)(C)C)cc1OCC1CC1. The van der Waals surface area contributed by atoms with Gasteiger partial charge in [0.2, 0.25) is 0 Å². The van der Waals surface area contributed by atoms with Crippen molar-refractivity contribution in [2.45, 2.75) is 51.4 Å². The van der Waals surface area contributed by atoms with Gasteiger partial charge in [0.05, 0.1) is 26.4 Å². The van der Waals surface area contributed by atoms with Gasteiger partial charge in [0, 0.05) is 21.1 Å². The van der Waals surface area contributed by atoms with Gasteiger partial charge in [0.25, 0.3) is 5.91 Å². The zero-order valence-electron chi connectivity index (χ0n) is 19.2. The molecule has 9 heteroatoms. The molecule has 2 rings (SSSR count). The van der Waals surface area contributed by atoms with Crippen LogP contribution in [0.15, 0.2) is 18.2 Å². The number of hydrogen-bond donors (Lipinski definition) is 1. The summed E-state index contributed by atoms with van der Waals surface area (Å²) in [6.45, 7) is 8.74. The molecule has 0 bridgehead atoms. The Morgan fingerprint density at radius 1 is 1.20 bits per heavy atom. The molecule has 0 heterocycles. The van der Waals surface area contributed by atoms with E-state index in [4.69, 9.17) is 29.1 Å². The lowest BCUT2D eigenvalue weighted by Gasteiger charge is -2.40. The molecular weight excluding hydrogens is 404 g/mol. The van der Waals surface area contributed by atoms with E-state index < -0.39 is 26.4 Å². The number of carbonyl (C=O) groups excluding carboxylic acids is 1. The average Bonchev–Trinajstić information content (AvgIpc) is 3.52. The van der Waals surface area contributed by atoms with E-state index in [1.54, 1.807) is 14.0 Å². The second-order valence-electron chi connectivity index (χ2n) is 8.64. The standard InChI is InChI=1S/C21H36N2O6Si/c1-21(26-3,27-4)23(20(22)24)13-19(29-30(5,6)7)16-10-11-17(25-2)18(12-16)28-14-15-8-9-15/h10-12,15,19H,8-9,13-14H2,1-7H3,(H2,22,24). The van der Waals surface area contributed by atoms with E-state index in [1.165, 1.54) is 32.0 Å². The van der Waals surface area contributed by atoms with E-state index in [1.807, 2.05) is 18.2 Å². The highest BCUT2D eigenvalue weighted by molar-refractivity contribution is 6.69. The third-order valence-electron chi connectivity index (χ3n) is 5.09. The number of amides is 2. The van der Waals surface area contributed by atoms with Gasteiger partial charge in [0.15, 0.2) is 19.8 Å². The lowest BCUT2D eigenvalue weighted by molar-refractivity contribution is -0.268. The number of hydrogen-bond acceptors (Lipinski definition) is 6. The van der Waals surface area contributed by atoms with E-state index >= 15 is 0 Å². The van der Waals surface area contributed by atoms with Crippen LogP contribution in [-0.4, -0.2) is 59.6 Å². The predicted octanol–water partition coefficient (Wildman–Crippen LogP) is 3.72. The highest BCUT2D eigenvalue weighted by Crippen LogP contribution is 2.36. The monoisotopic (exact) mass is 440 g/mol. The summed E-state index contributed by atoms with van der Waals surface area (Å²) in [6, 6.07) is 5.04. The summed E-state index contributed by atoms with van der Waals surface area (Å²) in [7, 11) is 2.56. The fourth-order valence-electron chi connectivity index (χ4n) is 3.06. The Hall–Kier alpha value is -1.81. The van der Waals surface area contributed by atoms with Crippen LogP contribution in [0.2, 0.25) is 19.6 Å². The summed E-state index contributed by atoms with van der Waals surface area (Å²) in [5.74, 6) is 0.626. The van der Waals surface area contributed by atoms with Crippen LogP contribution >= 0.6 is 0 Å². The average molecular weight is 441 g/mol. The van der Waals surface area contributed by atoms with Crippen LogP contribution in [-0.2, 0) is 13.9 Å². The molecule has 0 aliphatic heterocycles. The number of primary amides is 1. The molecule has 30 heavy (non-hydrogen) atoms. The van der Waals surface area contributed by atoms with Gasteiger partial charge < -0.3 is 29.1 Å². The lowest BCUT2D eigenvalue weighted by atomic mass is 10.1. The Morgan fingerprint density at radius 3 is 2.30 bits per heavy atom. The van der Waals surface area contributed by atoms with Gasteiger partial charge in [-0.3, -0.25) is 4.90 Å². The predicted molar refractivity (Wildman–Crippen MR) is 117 cm³/mol. The Morgan fingerprint density at radius 2 is 1.83 bits per heavy atom. The Bertz CT molecular complexity index is 716. The molecule has 2 N–H and O–H groups in total. The summed E-state index contributed by atoms with van der Waals surface area (Å²) >= 11 is 0. The molecule has 1 atom stereocenters. The molecule has 1 saturated carbocycles. The molecule has 1 fully saturated rings. The fraction of sp³-hybridized carbons (Fsp3) is 0.667. The fourth-order valence-corrected chi connectivity index (χ4v) is 4.13. The van der Waals surface area contributed by atoms with Gasteiger partial charge in [-0.05, 0) is 56.1 Å². The quantitative estimate of drug-likeness (QED) is 0.393. The van der Waals surface area contributed by atoms with Gasteiger partial charge in [0.1, 0.15) is 0 Å². The van der Waals surface area contributed by atoms with E-state index in [0.29, 0.717) is 24.0 Å². The van der Waals surface area contributed by atoms with Crippen LogP contribution in [0.5, 0.6) is 11.5 Å². The normalized spacial score (nSPS) is 15.6. The van der Waals surface area contributed by atoms with Gasteiger partial charge in [-0.2, -0.15) is 0 Å². The minimum Gasteiger partial charge on any atom is -0.493 e. The second kappa shape index (κ2) is 10.00.